The summed E-state index contributed by atoms with van der Waals surface area (Å²) in [7, 11) is 0. The maximum atomic E-state index is 11.3. The molecular formula is C42H56N2O2S2. The largest absolute Gasteiger partial charge is 0.507 e. The van der Waals surface area contributed by atoms with Crippen molar-refractivity contribution in [3.8, 4) is 11.5 Å². The van der Waals surface area contributed by atoms with Crippen LogP contribution in [-0.4, -0.2) is 22.0 Å². The standard InChI is InChI=1S/C42H56N2O2S2/c1-39(2,3)33-22-31(23-34(37(33)45)40(4,5)6)47-26-44(30-20-18-29(19-21-30)43-28-16-14-13-15-17-28)27-48-32-24-35(41(7,8)9)38(46)36(25-32)42(10,11)12/h13-25,43,45-46H,26-27H2,1-12H3. The third kappa shape index (κ3) is 9.47. The van der Waals surface area contributed by atoms with E-state index in [0.29, 0.717) is 11.5 Å². The molecule has 0 aliphatic carbocycles. The van der Waals surface area contributed by atoms with Crippen molar-refractivity contribution < 1.29 is 10.2 Å². The van der Waals surface area contributed by atoms with E-state index in [9.17, 15) is 10.2 Å². The van der Waals surface area contributed by atoms with Crippen molar-refractivity contribution in [2.75, 3.05) is 22.0 Å². The molecule has 4 rings (SSSR count). The fourth-order valence-corrected chi connectivity index (χ4v) is 7.62. The Labute approximate surface area is 298 Å². The number of hydrogen-bond acceptors (Lipinski definition) is 6. The lowest BCUT2D eigenvalue weighted by molar-refractivity contribution is 0.421. The lowest BCUT2D eigenvalue weighted by atomic mass is 9.79. The highest BCUT2D eigenvalue weighted by Gasteiger charge is 2.28. The van der Waals surface area contributed by atoms with E-state index in [-0.39, 0.29) is 21.7 Å². The number of phenols is 2. The summed E-state index contributed by atoms with van der Waals surface area (Å²) in [5, 5.41) is 26.1. The Balaban J connectivity index is 1.69. The first-order chi connectivity index (χ1) is 22.1. The van der Waals surface area contributed by atoms with Crippen molar-refractivity contribution in [3.63, 3.8) is 0 Å². The molecule has 0 bridgehead atoms. The van der Waals surface area contributed by atoms with E-state index in [0.717, 1.165) is 60.9 Å². The Bertz CT molecular complexity index is 1530. The van der Waals surface area contributed by atoms with Crippen LogP contribution in [0, 0.1) is 0 Å². The minimum absolute atomic E-state index is 0.188. The first-order valence-electron chi connectivity index (χ1n) is 16.8. The van der Waals surface area contributed by atoms with Gasteiger partial charge in [-0.3, -0.25) is 0 Å². The van der Waals surface area contributed by atoms with Crippen LogP contribution in [-0.2, 0) is 21.7 Å². The number of nitrogens with one attached hydrogen (secondary N) is 1. The highest BCUT2D eigenvalue weighted by atomic mass is 32.2. The number of rotatable bonds is 9. The Hall–Kier alpha value is -3.22. The van der Waals surface area contributed by atoms with E-state index in [2.05, 4.69) is 154 Å². The molecule has 0 aliphatic heterocycles. The lowest BCUT2D eigenvalue weighted by Crippen LogP contribution is -2.22. The average molecular weight is 685 g/mol. The molecule has 4 aromatic carbocycles. The van der Waals surface area contributed by atoms with Crippen molar-refractivity contribution >= 4 is 40.6 Å². The van der Waals surface area contributed by atoms with Gasteiger partial charge in [-0.25, -0.2) is 0 Å². The molecule has 0 spiro atoms. The molecular weight excluding hydrogens is 629 g/mol. The van der Waals surface area contributed by atoms with E-state index in [1.54, 1.807) is 23.5 Å². The van der Waals surface area contributed by atoms with Crippen LogP contribution in [0.2, 0.25) is 0 Å². The molecule has 3 N–H and O–H groups in total. The Kier molecular flexibility index (Phi) is 11.2. The van der Waals surface area contributed by atoms with Gasteiger partial charge in [-0.1, -0.05) is 101 Å². The average Bonchev–Trinajstić information content (AvgIpc) is 2.97. The van der Waals surface area contributed by atoms with E-state index >= 15 is 0 Å². The molecule has 48 heavy (non-hydrogen) atoms. The third-order valence-electron chi connectivity index (χ3n) is 8.47. The second-order valence-electron chi connectivity index (χ2n) is 16.9. The maximum Gasteiger partial charge on any atom is 0.123 e. The minimum atomic E-state index is -0.188. The van der Waals surface area contributed by atoms with Crippen molar-refractivity contribution in [3.05, 3.63) is 101 Å². The van der Waals surface area contributed by atoms with Crippen LogP contribution in [0.4, 0.5) is 17.1 Å². The van der Waals surface area contributed by atoms with E-state index < -0.39 is 0 Å². The van der Waals surface area contributed by atoms with Crippen LogP contribution < -0.4 is 10.2 Å². The molecule has 0 saturated carbocycles. The van der Waals surface area contributed by atoms with E-state index in [1.807, 2.05) is 18.2 Å². The van der Waals surface area contributed by atoms with Gasteiger partial charge in [0.15, 0.2) is 0 Å². The number of hydrogen-bond donors (Lipinski definition) is 3. The van der Waals surface area contributed by atoms with Crippen LogP contribution >= 0.6 is 23.5 Å². The molecule has 0 unspecified atom stereocenters. The van der Waals surface area contributed by atoms with Crippen LogP contribution in [0.25, 0.3) is 0 Å². The number of aromatic hydroxyl groups is 2. The summed E-state index contributed by atoms with van der Waals surface area (Å²) in [6, 6.07) is 27.5. The molecule has 0 fully saturated rings. The molecule has 4 nitrogen and oxygen atoms in total. The zero-order valence-corrected chi connectivity index (χ0v) is 32.7. The van der Waals surface area contributed by atoms with Gasteiger partial charge in [-0.15, -0.1) is 23.5 Å². The first kappa shape index (κ1) is 37.6. The van der Waals surface area contributed by atoms with Gasteiger partial charge in [0, 0.05) is 49.1 Å². The number of phenolic OH excluding ortho intramolecular Hbond substituents is 2. The lowest BCUT2D eigenvalue weighted by Gasteiger charge is -2.30. The van der Waals surface area contributed by atoms with Crippen molar-refractivity contribution in [1.29, 1.82) is 0 Å². The van der Waals surface area contributed by atoms with Crippen molar-refractivity contribution in [1.82, 2.24) is 0 Å². The molecule has 0 aromatic heterocycles. The smallest absolute Gasteiger partial charge is 0.123 e. The van der Waals surface area contributed by atoms with Gasteiger partial charge in [0.1, 0.15) is 11.5 Å². The van der Waals surface area contributed by atoms with E-state index in [1.165, 1.54) is 0 Å². The molecule has 0 amide bonds. The van der Waals surface area contributed by atoms with Gasteiger partial charge in [0.25, 0.3) is 0 Å². The number of para-hydroxylation sites is 1. The fraction of sp³-hybridized carbons (Fsp3) is 0.429. The zero-order valence-electron chi connectivity index (χ0n) is 31.1. The molecule has 0 radical (unpaired) electrons. The molecule has 0 saturated heterocycles. The monoisotopic (exact) mass is 684 g/mol. The summed E-state index contributed by atoms with van der Waals surface area (Å²) in [6.45, 7) is 25.9. The second kappa shape index (κ2) is 14.3. The summed E-state index contributed by atoms with van der Waals surface area (Å²) in [5.74, 6) is 2.27. The zero-order chi connectivity index (χ0) is 35.7. The summed E-state index contributed by atoms with van der Waals surface area (Å²) in [6.07, 6.45) is 0. The predicted molar refractivity (Wildman–Crippen MR) is 211 cm³/mol. The Morgan fingerprint density at radius 3 is 1.17 bits per heavy atom. The van der Waals surface area contributed by atoms with E-state index in [4.69, 9.17) is 0 Å². The number of anilines is 3. The van der Waals surface area contributed by atoms with Gasteiger partial charge in [-0.2, -0.15) is 0 Å². The van der Waals surface area contributed by atoms with Gasteiger partial charge < -0.3 is 20.4 Å². The SMILES string of the molecule is CC(C)(C)c1cc(SCN(CSc2cc(C(C)(C)C)c(O)c(C(C)(C)C)c2)c2ccc(Nc3ccccc3)cc2)cc(C(C)(C)C)c1O. The van der Waals surface area contributed by atoms with Gasteiger partial charge in [0.2, 0.25) is 0 Å². The van der Waals surface area contributed by atoms with Crippen molar-refractivity contribution in [2.45, 2.75) is 115 Å². The molecule has 6 heteroatoms. The Morgan fingerprint density at radius 2 is 0.833 bits per heavy atom. The molecule has 0 aliphatic rings. The molecule has 4 aromatic rings. The van der Waals surface area contributed by atoms with Crippen LogP contribution in [0.3, 0.4) is 0 Å². The third-order valence-corrected chi connectivity index (χ3v) is 10.5. The maximum absolute atomic E-state index is 11.3. The summed E-state index contributed by atoms with van der Waals surface area (Å²) in [4.78, 5) is 4.70. The van der Waals surface area contributed by atoms with Gasteiger partial charge >= 0.3 is 0 Å². The van der Waals surface area contributed by atoms with Crippen LogP contribution in [0.1, 0.15) is 105 Å². The molecule has 258 valence electrons. The summed E-state index contributed by atoms with van der Waals surface area (Å²) >= 11 is 3.60. The quantitative estimate of drug-likeness (QED) is 0.120. The van der Waals surface area contributed by atoms with Gasteiger partial charge in [-0.05, 0) is 82.3 Å². The second-order valence-corrected chi connectivity index (χ2v) is 18.9. The minimum Gasteiger partial charge on any atom is -0.507 e. The normalized spacial score (nSPS) is 12.7. The summed E-state index contributed by atoms with van der Waals surface area (Å²) in [5.41, 5.74) is 6.37. The highest BCUT2D eigenvalue weighted by Crippen LogP contribution is 2.44. The fourth-order valence-electron chi connectivity index (χ4n) is 5.60. The highest BCUT2D eigenvalue weighted by molar-refractivity contribution is 8.00. The molecule has 0 atom stereocenters. The number of nitrogens with zero attached hydrogens (tertiary/aromatic N) is 1. The van der Waals surface area contributed by atoms with Crippen molar-refractivity contribution in [2.24, 2.45) is 0 Å². The summed E-state index contributed by atoms with van der Waals surface area (Å²) < 4.78 is 0. The van der Waals surface area contributed by atoms with Crippen LogP contribution in [0.5, 0.6) is 11.5 Å². The predicted octanol–water partition coefficient (Wildman–Crippen LogP) is 12.3. The molecule has 0 heterocycles. The van der Waals surface area contributed by atoms with Crippen LogP contribution in [0.15, 0.2) is 88.7 Å². The first-order valence-corrected chi connectivity index (χ1v) is 18.8. The number of thioether (sulfide) groups is 2. The topological polar surface area (TPSA) is 55.7 Å². The number of benzene rings is 4. The van der Waals surface area contributed by atoms with Gasteiger partial charge in [0.05, 0.1) is 11.8 Å². The Morgan fingerprint density at radius 1 is 0.500 bits per heavy atom.